The average molecular weight is 497 g/mol. The minimum atomic E-state index is -0.411. The lowest BCUT2D eigenvalue weighted by Gasteiger charge is -2.23. The molecule has 0 saturated carbocycles. The van der Waals surface area contributed by atoms with Gasteiger partial charge in [-0.05, 0) is 60.4 Å². The molecule has 4 aromatic rings. The molecule has 7 nitrogen and oxygen atoms in total. The van der Waals surface area contributed by atoms with Gasteiger partial charge < -0.3 is 10.1 Å². The number of esters is 1. The minimum absolute atomic E-state index is 0.143. The van der Waals surface area contributed by atoms with Crippen molar-refractivity contribution in [2.75, 3.05) is 13.7 Å². The van der Waals surface area contributed by atoms with Gasteiger partial charge in [-0.3, -0.25) is 19.2 Å². The van der Waals surface area contributed by atoms with Gasteiger partial charge in [-0.15, -0.1) is 0 Å². The molecule has 1 aliphatic heterocycles. The lowest BCUT2D eigenvalue weighted by Crippen LogP contribution is -2.37. The third-order valence-corrected chi connectivity index (χ3v) is 7.09. The number of benzene rings is 3. The number of hydrogen-bond acceptors (Lipinski definition) is 5. The maximum atomic E-state index is 13.2. The lowest BCUT2D eigenvalue weighted by atomic mass is 10.0. The fourth-order valence-corrected chi connectivity index (χ4v) is 5.30. The van der Waals surface area contributed by atoms with Gasteiger partial charge in [0.15, 0.2) is 0 Å². The lowest BCUT2D eigenvalue weighted by molar-refractivity contribution is -0.146. The summed E-state index contributed by atoms with van der Waals surface area (Å²) in [6.07, 6.45) is 0.509. The fraction of sp³-hybridized carbons (Fsp3) is 0.300. The van der Waals surface area contributed by atoms with Crippen LogP contribution in [0.5, 0.6) is 0 Å². The first-order chi connectivity index (χ1) is 17.9. The van der Waals surface area contributed by atoms with Crippen LogP contribution in [0.3, 0.4) is 0 Å². The second kappa shape index (κ2) is 10.6. The molecule has 0 aliphatic carbocycles. The molecule has 1 amide bonds. The smallest absolute Gasteiger partial charge is 0.323 e. The Morgan fingerprint density at radius 3 is 2.57 bits per heavy atom. The zero-order valence-corrected chi connectivity index (χ0v) is 21.5. The van der Waals surface area contributed by atoms with Crippen LogP contribution in [0.4, 0.5) is 0 Å². The number of amides is 1. The van der Waals surface area contributed by atoms with E-state index in [2.05, 4.69) is 39.6 Å². The molecule has 1 N–H and O–H groups in total. The highest BCUT2D eigenvalue weighted by Crippen LogP contribution is 2.26. The van der Waals surface area contributed by atoms with Crippen molar-refractivity contribution in [3.05, 3.63) is 101 Å². The summed E-state index contributed by atoms with van der Waals surface area (Å²) in [4.78, 5) is 27.9. The molecule has 0 unspecified atom stereocenters. The van der Waals surface area contributed by atoms with Crippen LogP contribution in [-0.2, 0) is 22.6 Å². The third-order valence-electron chi connectivity index (χ3n) is 7.09. The van der Waals surface area contributed by atoms with Crippen LogP contribution in [0.25, 0.3) is 10.8 Å². The molecule has 1 aromatic heterocycles. The van der Waals surface area contributed by atoms with E-state index < -0.39 is 6.04 Å². The predicted molar refractivity (Wildman–Crippen MR) is 143 cm³/mol. The van der Waals surface area contributed by atoms with Gasteiger partial charge in [-0.2, -0.15) is 5.10 Å². The Morgan fingerprint density at radius 1 is 1.00 bits per heavy atom. The number of carbonyl (C=O) groups excluding carboxylic acids is 2. The number of aryl methyl sites for hydroxylation is 2. The van der Waals surface area contributed by atoms with Crippen LogP contribution in [-0.4, -0.2) is 52.3 Å². The Labute approximate surface area is 217 Å². The summed E-state index contributed by atoms with van der Waals surface area (Å²) in [5.41, 5.74) is 4.81. The molecule has 5 rings (SSSR count). The molecule has 0 spiro atoms. The Kier molecular flexibility index (Phi) is 7.06. The first-order valence-electron chi connectivity index (χ1n) is 12.6. The van der Waals surface area contributed by atoms with Crippen molar-refractivity contribution in [3.8, 4) is 0 Å². The highest BCUT2D eigenvalue weighted by atomic mass is 16.5. The van der Waals surface area contributed by atoms with Crippen LogP contribution >= 0.6 is 0 Å². The van der Waals surface area contributed by atoms with Crippen molar-refractivity contribution in [2.45, 2.75) is 45.4 Å². The fourth-order valence-electron chi connectivity index (χ4n) is 5.30. The molecule has 37 heavy (non-hydrogen) atoms. The Balaban J connectivity index is 1.30. The number of ether oxygens (including phenoxy) is 1. The number of carbonyl (C=O) groups is 2. The summed E-state index contributed by atoms with van der Waals surface area (Å²) < 4.78 is 7.05. The number of hydrogen-bond donors (Lipinski definition) is 1. The SMILES string of the molecule is COC(=O)[C@@H]1C[C@H](NC(=O)c2cccc(Cn3nc(C)cc3C)c2)CN1Cc1cccc2ccccc12. The van der Waals surface area contributed by atoms with Gasteiger partial charge in [0.25, 0.3) is 5.91 Å². The van der Waals surface area contributed by atoms with Gasteiger partial charge in [0, 0.05) is 30.4 Å². The van der Waals surface area contributed by atoms with Crippen LogP contribution in [0.2, 0.25) is 0 Å². The van der Waals surface area contributed by atoms with Crippen molar-refractivity contribution in [3.63, 3.8) is 0 Å². The van der Waals surface area contributed by atoms with E-state index in [1.165, 1.54) is 17.9 Å². The monoisotopic (exact) mass is 496 g/mol. The quantitative estimate of drug-likeness (QED) is 0.387. The van der Waals surface area contributed by atoms with E-state index in [4.69, 9.17) is 4.74 Å². The third kappa shape index (κ3) is 5.42. The number of likely N-dealkylation sites (tertiary alicyclic amines) is 1. The second-order valence-corrected chi connectivity index (χ2v) is 9.80. The summed E-state index contributed by atoms with van der Waals surface area (Å²) in [7, 11) is 1.42. The number of methoxy groups -OCH3 is 1. The zero-order chi connectivity index (χ0) is 25.9. The molecule has 0 radical (unpaired) electrons. The van der Waals surface area contributed by atoms with Gasteiger partial charge in [-0.25, -0.2) is 0 Å². The van der Waals surface area contributed by atoms with Gasteiger partial charge in [0.1, 0.15) is 6.04 Å². The molecule has 2 heterocycles. The number of nitrogens with one attached hydrogen (secondary N) is 1. The molecule has 1 aliphatic rings. The predicted octanol–water partition coefficient (Wildman–Crippen LogP) is 4.25. The first-order valence-corrected chi connectivity index (χ1v) is 12.6. The zero-order valence-electron chi connectivity index (χ0n) is 21.5. The Morgan fingerprint density at radius 2 is 1.78 bits per heavy atom. The molecule has 3 aromatic carbocycles. The van der Waals surface area contributed by atoms with Crippen molar-refractivity contribution >= 4 is 22.6 Å². The summed E-state index contributed by atoms with van der Waals surface area (Å²) in [5, 5.41) is 10.0. The van der Waals surface area contributed by atoms with E-state index in [0.29, 0.717) is 31.6 Å². The first kappa shape index (κ1) is 24.7. The minimum Gasteiger partial charge on any atom is -0.468 e. The highest BCUT2D eigenvalue weighted by molar-refractivity contribution is 5.94. The summed E-state index contributed by atoms with van der Waals surface area (Å²) in [5.74, 6) is -0.417. The van der Waals surface area contributed by atoms with Crippen molar-refractivity contribution < 1.29 is 14.3 Å². The standard InChI is InChI=1S/C30H32N4O3/c1-20-14-21(2)34(32-20)17-22-8-6-11-24(15-22)29(35)31-26-16-28(30(36)37-3)33(19-26)18-25-12-7-10-23-9-4-5-13-27(23)25/h4-15,26,28H,16-19H2,1-3H3,(H,31,35)/t26-,28-/m0/s1. The van der Waals surface area contributed by atoms with Crippen LogP contribution in [0.15, 0.2) is 72.8 Å². The molecular formula is C30H32N4O3. The molecule has 190 valence electrons. The van der Waals surface area contributed by atoms with E-state index in [1.54, 1.807) is 0 Å². The largest absolute Gasteiger partial charge is 0.468 e. The van der Waals surface area contributed by atoms with E-state index >= 15 is 0 Å². The van der Waals surface area contributed by atoms with Gasteiger partial charge in [0.05, 0.1) is 19.3 Å². The highest BCUT2D eigenvalue weighted by Gasteiger charge is 2.38. The average Bonchev–Trinajstić information content (AvgIpc) is 3.44. The second-order valence-electron chi connectivity index (χ2n) is 9.80. The molecular weight excluding hydrogens is 464 g/mol. The summed E-state index contributed by atoms with van der Waals surface area (Å²) in [6, 6.07) is 23.6. The number of aromatic nitrogens is 2. The maximum Gasteiger partial charge on any atom is 0.323 e. The van der Waals surface area contributed by atoms with Crippen LogP contribution in [0, 0.1) is 13.8 Å². The van der Waals surface area contributed by atoms with Gasteiger partial charge in [0.2, 0.25) is 0 Å². The topological polar surface area (TPSA) is 76.5 Å². The van der Waals surface area contributed by atoms with Crippen molar-refractivity contribution in [1.82, 2.24) is 20.0 Å². The van der Waals surface area contributed by atoms with Gasteiger partial charge in [-0.1, -0.05) is 54.6 Å². The summed E-state index contributed by atoms with van der Waals surface area (Å²) >= 11 is 0. The number of rotatable bonds is 7. The van der Waals surface area contributed by atoms with E-state index in [0.717, 1.165) is 22.5 Å². The number of fused-ring (bicyclic) bond motifs is 1. The molecule has 0 bridgehead atoms. The van der Waals surface area contributed by atoms with E-state index in [-0.39, 0.29) is 17.9 Å². The van der Waals surface area contributed by atoms with E-state index in [9.17, 15) is 9.59 Å². The molecule has 7 heteroatoms. The Hall–Kier alpha value is -3.97. The maximum absolute atomic E-state index is 13.2. The molecule has 1 saturated heterocycles. The van der Waals surface area contributed by atoms with Crippen molar-refractivity contribution in [1.29, 1.82) is 0 Å². The molecule has 2 atom stereocenters. The van der Waals surface area contributed by atoms with Crippen molar-refractivity contribution in [2.24, 2.45) is 0 Å². The normalized spacial score (nSPS) is 17.7. The van der Waals surface area contributed by atoms with Crippen LogP contribution in [0.1, 0.15) is 39.3 Å². The molecule has 1 fully saturated rings. The number of nitrogens with zero attached hydrogens (tertiary/aromatic N) is 3. The van der Waals surface area contributed by atoms with Crippen LogP contribution < -0.4 is 5.32 Å². The Bertz CT molecular complexity index is 1440. The summed E-state index contributed by atoms with van der Waals surface area (Å²) in [6.45, 7) is 5.78. The van der Waals surface area contributed by atoms with Gasteiger partial charge >= 0.3 is 5.97 Å². The van der Waals surface area contributed by atoms with E-state index in [1.807, 2.05) is 67.1 Å².